The van der Waals surface area contributed by atoms with E-state index in [9.17, 15) is 0 Å². The Morgan fingerprint density at radius 1 is 1.32 bits per heavy atom. The molecular formula is C20H31IN6O. The van der Waals surface area contributed by atoms with Crippen molar-refractivity contribution in [3.05, 3.63) is 41.3 Å². The van der Waals surface area contributed by atoms with Gasteiger partial charge < -0.3 is 15.4 Å². The maximum absolute atomic E-state index is 5.83. The van der Waals surface area contributed by atoms with Crippen LogP contribution < -0.4 is 10.6 Å². The molecule has 0 aliphatic carbocycles. The minimum absolute atomic E-state index is 0. The number of hydrogen-bond donors (Lipinski definition) is 2. The molecule has 1 fully saturated rings. The van der Waals surface area contributed by atoms with E-state index in [0.29, 0.717) is 6.54 Å². The Hall–Kier alpha value is -1.68. The summed E-state index contributed by atoms with van der Waals surface area (Å²) in [6, 6.07) is 6.08. The Balaban J connectivity index is 0.00000280. The van der Waals surface area contributed by atoms with E-state index in [0.717, 1.165) is 61.3 Å². The van der Waals surface area contributed by atoms with Gasteiger partial charge in [0.2, 0.25) is 0 Å². The Bertz CT molecular complexity index is 780. The first-order valence-electron chi connectivity index (χ1n) is 9.64. The van der Waals surface area contributed by atoms with Gasteiger partial charge in [-0.3, -0.25) is 0 Å². The molecule has 0 aromatic carbocycles. The van der Waals surface area contributed by atoms with Crippen LogP contribution in [0.4, 0.5) is 0 Å². The van der Waals surface area contributed by atoms with E-state index in [1.807, 2.05) is 42.9 Å². The zero-order chi connectivity index (χ0) is 19.3. The normalized spacial score (nSPS) is 19.4. The Labute approximate surface area is 184 Å². The van der Waals surface area contributed by atoms with Crippen LogP contribution in [0.2, 0.25) is 0 Å². The summed E-state index contributed by atoms with van der Waals surface area (Å²) >= 11 is 0. The fraction of sp³-hybridized carbons (Fsp3) is 0.550. The predicted molar refractivity (Wildman–Crippen MR) is 123 cm³/mol. The van der Waals surface area contributed by atoms with Crippen LogP contribution in [0.3, 0.4) is 0 Å². The van der Waals surface area contributed by atoms with Gasteiger partial charge in [-0.1, -0.05) is 6.07 Å². The lowest BCUT2D eigenvalue weighted by molar-refractivity contribution is 0.0243. The lowest BCUT2D eigenvalue weighted by Gasteiger charge is -2.24. The second-order valence-electron chi connectivity index (χ2n) is 7.31. The van der Waals surface area contributed by atoms with Crippen molar-refractivity contribution in [2.24, 2.45) is 4.99 Å². The molecule has 1 saturated heterocycles. The van der Waals surface area contributed by atoms with Crippen LogP contribution in [0.25, 0.3) is 5.82 Å². The number of rotatable bonds is 6. The first-order chi connectivity index (χ1) is 13.0. The van der Waals surface area contributed by atoms with Crippen molar-refractivity contribution in [3.63, 3.8) is 0 Å². The van der Waals surface area contributed by atoms with Crippen molar-refractivity contribution >= 4 is 29.9 Å². The van der Waals surface area contributed by atoms with E-state index in [1.54, 1.807) is 0 Å². The van der Waals surface area contributed by atoms with Crippen LogP contribution in [-0.2, 0) is 11.3 Å². The number of guanidine groups is 1. The third-order valence-electron chi connectivity index (χ3n) is 4.73. The van der Waals surface area contributed by atoms with Gasteiger partial charge in [0.05, 0.1) is 17.8 Å². The number of aryl methyl sites for hydroxylation is 2. The molecule has 2 aromatic rings. The second-order valence-corrected chi connectivity index (χ2v) is 7.31. The highest BCUT2D eigenvalue weighted by atomic mass is 127. The van der Waals surface area contributed by atoms with Gasteiger partial charge >= 0.3 is 0 Å². The maximum Gasteiger partial charge on any atom is 0.191 e. The average Bonchev–Trinajstić information content (AvgIpc) is 3.23. The fourth-order valence-electron chi connectivity index (χ4n) is 3.26. The van der Waals surface area contributed by atoms with E-state index in [2.05, 4.69) is 39.6 Å². The molecule has 0 amide bonds. The fourth-order valence-corrected chi connectivity index (χ4v) is 3.26. The Morgan fingerprint density at radius 3 is 2.71 bits per heavy atom. The Morgan fingerprint density at radius 2 is 2.14 bits per heavy atom. The van der Waals surface area contributed by atoms with Gasteiger partial charge in [-0.2, -0.15) is 5.10 Å². The van der Waals surface area contributed by atoms with Crippen molar-refractivity contribution in [1.29, 1.82) is 0 Å². The van der Waals surface area contributed by atoms with Gasteiger partial charge in [0, 0.05) is 31.6 Å². The molecule has 28 heavy (non-hydrogen) atoms. The highest BCUT2D eigenvalue weighted by molar-refractivity contribution is 14.0. The molecule has 2 N–H and O–H groups in total. The third-order valence-corrected chi connectivity index (χ3v) is 4.73. The summed E-state index contributed by atoms with van der Waals surface area (Å²) in [4.78, 5) is 9.21. The van der Waals surface area contributed by atoms with Gasteiger partial charge in [0.15, 0.2) is 11.8 Å². The first kappa shape index (κ1) is 22.6. The third kappa shape index (κ3) is 5.91. The number of aliphatic imine (C=N–C) groups is 1. The van der Waals surface area contributed by atoms with E-state index in [-0.39, 0.29) is 29.6 Å². The number of hydrogen-bond acceptors (Lipinski definition) is 4. The average molecular weight is 498 g/mol. The van der Waals surface area contributed by atoms with Crippen LogP contribution >= 0.6 is 24.0 Å². The topological polar surface area (TPSA) is 76.4 Å². The van der Waals surface area contributed by atoms with Crippen LogP contribution in [0.5, 0.6) is 0 Å². The molecule has 1 aliphatic rings. The summed E-state index contributed by atoms with van der Waals surface area (Å²) in [7, 11) is 0. The summed E-state index contributed by atoms with van der Waals surface area (Å²) in [6.45, 7) is 11.2. The molecule has 0 radical (unpaired) electrons. The molecular weight excluding hydrogens is 467 g/mol. The second kappa shape index (κ2) is 10.2. The van der Waals surface area contributed by atoms with Crippen molar-refractivity contribution in [3.8, 4) is 5.82 Å². The zero-order valence-corrected chi connectivity index (χ0v) is 19.5. The van der Waals surface area contributed by atoms with Gasteiger partial charge in [-0.05, 0) is 58.2 Å². The molecule has 2 aromatic heterocycles. The minimum atomic E-state index is -0.0981. The highest BCUT2D eigenvalue weighted by Gasteiger charge is 2.29. The molecule has 154 valence electrons. The van der Waals surface area contributed by atoms with E-state index < -0.39 is 0 Å². The summed E-state index contributed by atoms with van der Waals surface area (Å²) in [6.07, 6.45) is 4.07. The van der Waals surface area contributed by atoms with Crippen molar-refractivity contribution in [1.82, 2.24) is 25.4 Å². The van der Waals surface area contributed by atoms with E-state index in [4.69, 9.17) is 4.74 Å². The van der Waals surface area contributed by atoms with Gasteiger partial charge in [0.25, 0.3) is 0 Å². The smallest absolute Gasteiger partial charge is 0.191 e. The molecule has 0 saturated carbocycles. The summed E-state index contributed by atoms with van der Waals surface area (Å²) in [5, 5.41) is 11.2. The monoisotopic (exact) mass is 498 g/mol. The van der Waals surface area contributed by atoms with Crippen molar-refractivity contribution in [2.75, 3.05) is 19.7 Å². The van der Waals surface area contributed by atoms with Crippen LogP contribution in [0.15, 0.2) is 29.4 Å². The SMILES string of the molecule is CCNC(=NCc1ccc(-n2nc(C)cc2C)nc1)NCC1(C)CCCO1.I. The summed E-state index contributed by atoms with van der Waals surface area (Å²) < 4.78 is 7.69. The number of aromatic nitrogens is 3. The van der Waals surface area contributed by atoms with Crippen LogP contribution in [0, 0.1) is 13.8 Å². The summed E-state index contributed by atoms with van der Waals surface area (Å²) in [5.41, 5.74) is 3.02. The Kier molecular flexibility index (Phi) is 8.23. The maximum atomic E-state index is 5.83. The lowest BCUT2D eigenvalue weighted by atomic mass is 10.0. The standard InChI is InChI=1S/C20H30N6O.HI/c1-5-21-19(24-14-20(4)9-6-10-27-20)23-13-17-7-8-18(22-12-17)26-16(3)11-15(2)25-26;/h7-8,11-12H,5-6,9-10,13-14H2,1-4H3,(H2,21,23,24);1H. The molecule has 1 atom stereocenters. The van der Waals surface area contributed by atoms with Gasteiger partial charge in [-0.25, -0.2) is 14.7 Å². The molecule has 0 bridgehead atoms. The predicted octanol–water partition coefficient (Wildman–Crippen LogP) is 3.13. The number of pyridine rings is 1. The van der Waals surface area contributed by atoms with E-state index in [1.165, 1.54) is 0 Å². The number of halogens is 1. The molecule has 1 unspecified atom stereocenters. The summed E-state index contributed by atoms with van der Waals surface area (Å²) in [5.74, 6) is 1.63. The number of ether oxygens (including phenoxy) is 1. The largest absolute Gasteiger partial charge is 0.373 e. The molecule has 0 spiro atoms. The number of nitrogens with one attached hydrogen (secondary N) is 2. The molecule has 7 nitrogen and oxygen atoms in total. The molecule has 3 rings (SSSR count). The minimum Gasteiger partial charge on any atom is -0.373 e. The van der Waals surface area contributed by atoms with E-state index >= 15 is 0 Å². The lowest BCUT2D eigenvalue weighted by Crippen LogP contribution is -2.45. The van der Waals surface area contributed by atoms with Gasteiger partial charge in [-0.15, -0.1) is 24.0 Å². The highest BCUT2D eigenvalue weighted by Crippen LogP contribution is 2.23. The van der Waals surface area contributed by atoms with Crippen molar-refractivity contribution < 1.29 is 4.74 Å². The zero-order valence-electron chi connectivity index (χ0n) is 17.2. The molecule has 3 heterocycles. The first-order valence-corrected chi connectivity index (χ1v) is 9.64. The molecule has 8 heteroatoms. The van der Waals surface area contributed by atoms with Crippen LogP contribution in [0.1, 0.15) is 43.6 Å². The molecule has 1 aliphatic heterocycles. The number of nitrogens with zero attached hydrogens (tertiary/aromatic N) is 4. The van der Waals surface area contributed by atoms with Crippen molar-refractivity contribution in [2.45, 2.75) is 52.7 Å². The van der Waals surface area contributed by atoms with Crippen LogP contribution in [-0.4, -0.2) is 46.0 Å². The van der Waals surface area contributed by atoms with Gasteiger partial charge in [0.1, 0.15) is 0 Å². The quantitative estimate of drug-likeness (QED) is 0.364.